The normalized spacial score (nSPS) is 13.4. The molecule has 0 unspecified atom stereocenters. The average molecular weight is 427 g/mol. The summed E-state index contributed by atoms with van der Waals surface area (Å²) in [6.07, 6.45) is 2.07. The number of rotatable bonds is 0. The fraction of sp³-hybridized carbons (Fsp3) is 0.0769. The van der Waals surface area contributed by atoms with Gasteiger partial charge in [0.2, 0.25) is 0 Å². The predicted octanol–water partition coefficient (Wildman–Crippen LogP) is 8.03. The molecule has 0 saturated carbocycles. The lowest BCUT2D eigenvalue weighted by atomic mass is 9.91. The Morgan fingerprint density at radius 3 is 1.43 bits per heavy atom. The third kappa shape index (κ3) is 2.15. The van der Waals surface area contributed by atoms with Crippen LogP contribution in [0.4, 0.5) is 0 Å². The zero-order valence-corrected chi connectivity index (χ0v) is 17.5. The Balaban J connectivity index is 1.56. The second kappa shape index (κ2) is 5.81. The minimum Gasteiger partial charge on any atom is -0.353 e. The summed E-state index contributed by atoms with van der Waals surface area (Å²) in [6.45, 7) is 0. The van der Waals surface area contributed by atoms with E-state index in [-0.39, 0.29) is 0 Å². The van der Waals surface area contributed by atoms with E-state index in [4.69, 9.17) is 23.2 Å². The molecular weight excluding hydrogens is 411 g/mol. The highest BCUT2D eigenvalue weighted by Gasteiger charge is 2.25. The number of fused-ring (bicyclic) bond motifs is 11. The van der Waals surface area contributed by atoms with Crippen LogP contribution in [0.1, 0.15) is 11.1 Å². The van der Waals surface area contributed by atoms with Crippen LogP contribution in [0.15, 0.2) is 60.7 Å². The third-order valence-electron chi connectivity index (χ3n) is 6.59. The van der Waals surface area contributed by atoms with E-state index in [0.29, 0.717) is 0 Å². The molecule has 0 spiro atoms. The van der Waals surface area contributed by atoms with Gasteiger partial charge >= 0.3 is 0 Å². The third-order valence-corrected chi connectivity index (χ3v) is 7.06. The van der Waals surface area contributed by atoms with Crippen molar-refractivity contribution in [3.63, 3.8) is 0 Å². The molecule has 1 aliphatic rings. The van der Waals surface area contributed by atoms with E-state index in [2.05, 4.69) is 46.4 Å². The SMILES string of the molecule is Clc1ccc2c(ccc3c4c([nH]c32)-c2[nH]c3c(ccc5cc(Cl)ccc53)c2CC4)c1. The molecule has 7 rings (SSSR count). The zero-order chi connectivity index (χ0) is 20.0. The van der Waals surface area contributed by atoms with Gasteiger partial charge in [0.15, 0.2) is 0 Å². The maximum atomic E-state index is 6.22. The molecule has 2 N–H and O–H groups in total. The summed E-state index contributed by atoms with van der Waals surface area (Å²) in [5.41, 5.74) is 7.61. The summed E-state index contributed by atoms with van der Waals surface area (Å²) in [4.78, 5) is 7.51. The van der Waals surface area contributed by atoms with Gasteiger partial charge in [-0.15, -0.1) is 0 Å². The van der Waals surface area contributed by atoms with Gasteiger partial charge in [0.1, 0.15) is 0 Å². The van der Waals surface area contributed by atoms with Crippen molar-refractivity contribution in [1.29, 1.82) is 0 Å². The summed E-state index contributed by atoms with van der Waals surface area (Å²) in [6, 6.07) is 21.0. The Morgan fingerprint density at radius 2 is 0.967 bits per heavy atom. The number of hydrogen-bond acceptors (Lipinski definition) is 0. The first kappa shape index (κ1) is 16.8. The first-order valence-corrected chi connectivity index (χ1v) is 10.9. The van der Waals surface area contributed by atoms with Crippen molar-refractivity contribution in [2.45, 2.75) is 12.8 Å². The Labute approximate surface area is 182 Å². The fourth-order valence-electron chi connectivity index (χ4n) is 5.24. The summed E-state index contributed by atoms with van der Waals surface area (Å²) in [5.74, 6) is 0. The predicted molar refractivity (Wildman–Crippen MR) is 128 cm³/mol. The minimum absolute atomic E-state index is 0.767. The van der Waals surface area contributed by atoms with Crippen LogP contribution >= 0.6 is 23.2 Å². The van der Waals surface area contributed by atoms with Gasteiger partial charge in [-0.3, -0.25) is 0 Å². The Morgan fingerprint density at radius 1 is 0.533 bits per heavy atom. The topological polar surface area (TPSA) is 31.6 Å². The molecular formula is C26H16Cl2N2. The van der Waals surface area contributed by atoms with E-state index in [1.165, 1.54) is 55.1 Å². The molecule has 6 aromatic rings. The molecule has 0 fully saturated rings. The van der Waals surface area contributed by atoms with E-state index >= 15 is 0 Å². The van der Waals surface area contributed by atoms with Gasteiger partial charge < -0.3 is 9.97 Å². The highest BCUT2D eigenvalue weighted by Crippen LogP contribution is 2.43. The molecule has 4 aromatic carbocycles. The van der Waals surface area contributed by atoms with Crippen LogP contribution in [-0.2, 0) is 12.8 Å². The number of nitrogens with one attached hydrogen (secondary N) is 2. The average Bonchev–Trinajstić information content (AvgIpc) is 3.31. The second-order valence-electron chi connectivity index (χ2n) is 8.16. The molecule has 2 aromatic heterocycles. The van der Waals surface area contributed by atoms with Gasteiger partial charge in [-0.05, 0) is 59.0 Å². The molecule has 1 aliphatic carbocycles. The molecule has 0 radical (unpaired) electrons. The summed E-state index contributed by atoms with van der Waals surface area (Å²) >= 11 is 12.4. The lowest BCUT2D eigenvalue weighted by Gasteiger charge is -2.12. The van der Waals surface area contributed by atoms with Crippen LogP contribution in [0.25, 0.3) is 54.7 Å². The van der Waals surface area contributed by atoms with Crippen molar-refractivity contribution in [2.24, 2.45) is 0 Å². The molecule has 0 amide bonds. The van der Waals surface area contributed by atoms with Crippen LogP contribution in [-0.4, -0.2) is 9.97 Å². The Hall–Kier alpha value is -2.94. The smallest absolute Gasteiger partial charge is 0.0666 e. The Kier molecular flexibility index (Phi) is 3.26. The monoisotopic (exact) mass is 426 g/mol. The van der Waals surface area contributed by atoms with Crippen LogP contribution in [0, 0.1) is 0 Å². The van der Waals surface area contributed by atoms with Crippen LogP contribution in [0.5, 0.6) is 0 Å². The van der Waals surface area contributed by atoms with Crippen molar-refractivity contribution >= 4 is 66.6 Å². The molecule has 30 heavy (non-hydrogen) atoms. The number of aromatic amines is 2. The molecule has 0 bridgehead atoms. The first-order chi connectivity index (χ1) is 14.7. The van der Waals surface area contributed by atoms with Gasteiger partial charge in [-0.25, -0.2) is 0 Å². The summed E-state index contributed by atoms with van der Waals surface area (Å²) in [7, 11) is 0. The van der Waals surface area contributed by atoms with Crippen molar-refractivity contribution in [3.8, 4) is 11.4 Å². The molecule has 4 heteroatoms. The molecule has 2 nitrogen and oxygen atoms in total. The highest BCUT2D eigenvalue weighted by molar-refractivity contribution is 6.32. The highest BCUT2D eigenvalue weighted by atomic mass is 35.5. The number of hydrogen-bond donors (Lipinski definition) is 2. The molecule has 0 atom stereocenters. The number of halogens is 2. The van der Waals surface area contributed by atoms with E-state index < -0.39 is 0 Å². The van der Waals surface area contributed by atoms with Gasteiger partial charge in [0.05, 0.1) is 22.4 Å². The van der Waals surface area contributed by atoms with Gasteiger partial charge in [0.25, 0.3) is 0 Å². The maximum Gasteiger partial charge on any atom is 0.0666 e. The summed E-state index contributed by atoms with van der Waals surface area (Å²) < 4.78 is 0. The largest absolute Gasteiger partial charge is 0.353 e. The van der Waals surface area contributed by atoms with E-state index in [1.54, 1.807) is 0 Å². The Bertz CT molecular complexity index is 1540. The lowest BCUT2D eigenvalue weighted by molar-refractivity contribution is 0.953. The number of aryl methyl sites for hydroxylation is 2. The fourth-order valence-corrected chi connectivity index (χ4v) is 5.60. The summed E-state index contributed by atoms with van der Waals surface area (Å²) in [5, 5.41) is 8.89. The lowest BCUT2D eigenvalue weighted by Crippen LogP contribution is -2.01. The van der Waals surface area contributed by atoms with E-state index in [9.17, 15) is 0 Å². The van der Waals surface area contributed by atoms with Gasteiger partial charge in [-0.1, -0.05) is 59.6 Å². The molecule has 0 saturated heterocycles. The zero-order valence-electron chi connectivity index (χ0n) is 15.9. The number of benzene rings is 4. The van der Waals surface area contributed by atoms with E-state index in [1.807, 2.05) is 24.3 Å². The van der Waals surface area contributed by atoms with E-state index in [0.717, 1.165) is 33.7 Å². The van der Waals surface area contributed by atoms with Crippen molar-refractivity contribution in [3.05, 3.63) is 81.8 Å². The molecule has 144 valence electrons. The van der Waals surface area contributed by atoms with Crippen molar-refractivity contribution in [1.82, 2.24) is 9.97 Å². The standard InChI is InChI=1S/C26H16Cl2N2/c27-15-3-7-17-13(11-15)1-5-19-21-9-10-22-20-6-2-14-12-16(28)4-8-18(14)24(20)30-26(22)25(21)29-23(17)19/h1-8,11-12,29-30H,9-10H2. The number of aromatic nitrogens is 2. The van der Waals surface area contributed by atoms with Crippen molar-refractivity contribution < 1.29 is 0 Å². The van der Waals surface area contributed by atoms with Gasteiger partial charge in [0, 0.05) is 31.6 Å². The minimum atomic E-state index is 0.767. The van der Waals surface area contributed by atoms with Gasteiger partial charge in [-0.2, -0.15) is 0 Å². The molecule has 2 heterocycles. The van der Waals surface area contributed by atoms with Crippen LogP contribution in [0.3, 0.4) is 0 Å². The quantitative estimate of drug-likeness (QED) is 0.246. The number of H-pyrrole nitrogens is 2. The first-order valence-electron chi connectivity index (χ1n) is 10.1. The maximum absolute atomic E-state index is 6.22. The van der Waals surface area contributed by atoms with Crippen LogP contribution in [0.2, 0.25) is 10.0 Å². The van der Waals surface area contributed by atoms with Crippen molar-refractivity contribution in [2.75, 3.05) is 0 Å². The second-order valence-corrected chi connectivity index (χ2v) is 9.04. The molecule has 0 aliphatic heterocycles. The van der Waals surface area contributed by atoms with Crippen LogP contribution < -0.4 is 0 Å².